The third kappa shape index (κ3) is 4.43. The molecule has 3 aromatic rings. The quantitative estimate of drug-likeness (QED) is 0.580. The van der Waals surface area contributed by atoms with Crippen molar-refractivity contribution in [2.45, 2.75) is 25.8 Å². The first kappa shape index (κ1) is 21.3. The smallest absolute Gasteiger partial charge is 0.257 e. The molecular formula is C24H21Cl2N3O2. The monoisotopic (exact) mass is 453 g/mol. The Hall–Kier alpha value is -2.89. The van der Waals surface area contributed by atoms with Crippen molar-refractivity contribution in [3.63, 3.8) is 0 Å². The van der Waals surface area contributed by atoms with Gasteiger partial charge in [0, 0.05) is 28.4 Å². The Morgan fingerprint density at radius 2 is 1.81 bits per heavy atom. The molecule has 1 N–H and O–H groups in total. The van der Waals surface area contributed by atoms with Crippen molar-refractivity contribution in [1.82, 2.24) is 9.88 Å². The fourth-order valence-corrected chi connectivity index (χ4v) is 4.53. The molecule has 31 heavy (non-hydrogen) atoms. The normalized spacial score (nSPS) is 15.3. The lowest BCUT2D eigenvalue weighted by Gasteiger charge is -2.36. The lowest BCUT2D eigenvalue weighted by atomic mass is 9.89. The minimum atomic E-state index is -0.203. The van der Waals surface area contributed by atoms with Gasteiger partial charge in [-0.15, -0.1) is 0 Å². The van der Waals surface area contributed by atoms with Crippen LogP contribution in [0.3, 0.4) is 0 Å². The molecule has 1 atom stereocenters. The Morgan fingerprint density at radius 1 is 1.06 bits per heavy atom. The minimum Gasteiger partial charge on any atom is -0.335 e. The van der Waals surface area contributed by atoms with E-state index in [2.05, 4.69) is 10.3 Å². The third-order valence-electron chi connectivity index (χ3n) is 5.59. The predicted octanol–water partition coefficient (Wildman–Crippen LogP) is 5.33. The number of anilines is 1. The van der Waals surface area contributed by atoms with Crippen molar-refractivity contribution < 1.29 is 9.59 Å². The Labute approximate surface area is 191 Å². The summed E-state index contributed by atoms with van der Waals surface area (Å²) < 4.78 is 0. The second-order valence-corrected chi connectivity index (χ2v) is 8.25. The van der Waals surface area contributed by atoms with Crippen molar-refractivity contribution in [1.29, 1.82) is 0 Å². The highest BCUT2D eigenvalue weighted by molar-refractivity contribution is 6.36. The van der Waals surface area contributed by atoms with E-state index in [-0.39, 0.29) is 24.3 Å². The van der Waals surface area contributed by atoms with Gasteiger partial charge in [0.2, 0.25) is 5.91 Å². The standard InChI is InChI=1S/C24H21Cl2N3O2/c1-15-16-6-4-7-18(24(31)28-22-10-2-3-12-27-22)17(16)11-13-29(15)23(30)14-19-20(25)8-5-9-21(19)26/h2-10,12,15H,11,13-14H2,1H3,(H,27,28,31). The second-order valence-electron chi connectivity index (χ2n) is 7.43. The van der Waals surface area contributed by atoms with Crippen molar-refractivity contribution in [2.24, 2.45) is 0 Å². The number of fused-ring (bicyclic) bond motifs is 1. The van der Waals surface area contributed by atoms with Crippen LogP contribution in [0.2, 0.25) is 10.0 Å². The van der Waals surface area contributed by atoms with E-state index in [9.17, 15) is 9.59 Å². The Morgan fingerprint density at radius 3 is 2.52 bits per heavy atom. The molecule has 1 aromatic heterocycles. The number of benzene rings is 2. The molecule has 0 saturated heterocycles. The van der Waals surface area contributed by atoms with Gasteiger partial charge in [-0.25, -0.2) is 4.98 Å². The fourth-order valence-electron chi connectivity index (χ4n) is 4.00. The molecule has 7 heteroatoms. The van der Waals surface area contributed by atoms with E-state index in [1.165, 1.54) is 0 Å². The second kappa shape index (κ2) is 9.08. The van der Waals surface area contributed by atoms with E-state index in [1.54, 1.807) is 36.5 Å². The number of pyridine rings is 1. The zero-order valence-electron chi connectivity index (χ0n) is 16.9. The third-order valence-corrected chi connectivity index (χ3v) is 6.30. The number of rotatable bonds is 4. The number of nitrogens with one attached hydrogen (secondary N) is 1. The van der Waals surface area contributed by atoms with Gasteiger partial charge in [-0.2, -0.15) is 0 Å². The number of carbonyl (C=O) groups is 2. The van der Waals surface area contributed by atoms with Gasteiger partial charge in [0.15, 0.2) is 0 Å². The molecule has 5 nitrogen and oxygen atoms in total. The molecule has 1 aliphatic rings. The van der Waals surface area contributed by atoms with E-state index in [1.807, 2.05) is 36.1 Å². The molecule has 0 bridgehead atoms. The molecule has 0 aliphatic carbocycles. The first-order valence-electron chi connectivity index (χ1n) is 10.0. The van der Waals surface area contributed by atoms with Gasteiger partial charge in [0.1, 0.15) is 5.82 Å². The average molecular weight is 454 g/mol. The maximum atomic E-state index is 13.1. The Bertz CT molecular complexity index is 1110. The van der Waals surface area contributed by atoms with Gasteiger partial charge in [-0.1, -0.05) is 47.5 Å². The Balaban J connectivity index is 1.55. The average Bonchev–Trinajstić information content (AvgIpc) is 2.77. The first-order valence-corrected chi connectivity index (χ1v) is 10.8. The highest BCUT2D eigenvalue weighted by Gasteiger charge is 2.30. The van der Waals surface area contributed by atoms with Gasteiger partial charge in [0.25, 0.3) is 5.91 Å². The summed E-state index contributed by atoms with van der Waals surface area (Å²) >= 11 is 12.5. The molecule has 2 heterocycles. The SMILES string of the molecule is CC1c2cccc(C(=O)Nc3ccccn3)c2CCN1C(=O)Cc1c(Cl)cccc1Cl. The summed E-state index contributed by atoms with van der Waals surface area (Å²) in [4.78, 5) is 31.9. The largest absolute Gasteiger partial charge is 0.335 e. The summed E-state index contributed by atoms with van der Waals surface area (Å²) in [6.45, 7) is 2.49. The van der Waals surface area contributed by atoms with Gasteiger partial charge in [-0.3, -0.25) is 9.59 Å². The Kier molecular flexibility index (Phi) is 6.25. The van der Waals surface area contributed by atoms with Crippen molar-refractivity contribution in [2.75, 3.05) is 11.9 Å². The molecule has 2 aromatic carbocycles. The maximum Gasteiger partial charge on any atom is 0.257 e. The van der Waals surface area contributed by atoms with Crippen LogP contribution < -0.4 is 5.32 Å². The molecule has 0 saturated carbocycles. The zero-order chi connectivity index (χ0) is 22.0. The van der Waals surface area contributed by atoms with Crippen LogP contribution >= 0.6 is 23.2 Å². The van der Waals surface area contributed by atoms with Crippen molar-refractivity contribution >= 4 is 40.8 Å². The van der Waals surface area contributed by atoms with Crippen LogP contribution in [0.4, 0.5) is 5.82 Å². The fraction of sp³-hybridized carbons (Fsp3) is 0.208. The van der Waals surface area contributed by atoms with Gasteiger partial charge >= 0.3 is 0 Å². The van der Waals surface area contributed by atoms with Crippen molar-refractivity contribution in [3.05, 3.63) is 93.1 Å². The number of hydrogen-bond donors (Lipinski definition) is 1. The molecule has 1 aliphatic heterocycles. The van der Waals surface area contributed by atoms with Crippen LogP contribution in [0.5, 0.6) is 0 Å². The number of hydrogen-bond acceptors (Lipinski definition) is 3. The van der Waals surface area contributed by atoms with E-state index < -0.39 is 0 Å². The summed E-state index contributed by atoms with van der Waals surface area (Å²) in [6, 6.07) is 16.1. The topological polar surface area (TPSA) is 62.3 Å². The van der Waals surface area contributed by atoms with E-state index in [0.29, 0.717) is 40.0 Å². The number of amides is 2. The summed E-state index contributed by atoms with van der Waals surface area (Å²) in [5.74, 6) is 0.254. The zero-order valence-corrected chi connectivity index (χ0v) is 18.5. The highest BCUT2D eigenvalue weighted by Crippen LogP contribution is 2.33. The van der Waals surface area contributed by atoms with Crippen LogP contribution in [-0.2, 0) is 17.6 Å². The first-order chi connectivity index (χ1) is 15.0. The molecule has 0 radical (unpaired) electrons. The van der Waals surface area contributed by atoms with E-state index in [0.717, 1.165) is 11.1 Å². The summed E-state index contributed by atoms with van der Waals surface area (Å²) in [7, 11) is 0. The summed E-state index contributed by atoms with van der Waals surface area (Å²) in [5.41, 5.74) is 3.18. The number of carbonyl (C=O) groups excluding carboxylic acids is 2. The minimum absolute atomic E-state index is 0.0449. The van der Waals surface area contributed by atoms with Crippen LogP contribution in [0, 0.1) is 0 Å². The van der Waals surface area contributed by atoms with E-state index in [4.69, 9.17) is 23.2 Å². The lowest BCUT2D eigenvalue weighted by Crippen LogP contribution is -2.40. The van der Waals surface area contributed by atoms with Crippen molar-refractivity contribution in [3.8, 4) is 0 Å². The van der Waals surface area contributed by atoms with Crippen LogP contribution in [-0.4, -0.2) is 28.2 Å². The predicted molar refractivity (Wildman–Crippen MR) is 123 cm³/mol. The maximum absolute atomic E-state index is 13.1. The summed E-state index contributed by atoms with van der Waals surface area (Å²) in [5, 5.41) is 3.81. The molecule has 1 unspecified atom stereocenters. The molecule has 158 valence electrons. The number of nitrogens with zero attached hydrogens (tertiary/aromatic N) is 2. The molecular weight excluding hydrogens is 433 g/mol. The number of halogens is 2. The molecule has 4 rings (SSSR count). The summed E-state index contributed by atoms with van der Waals surface area (Å²) in [6.07, 6.45) is 2.36. The molecule has 0 spiro atoms. The van der Waals surface area contributed by atoms with Crippen LogP contribution in [0.1, 0.15) is 40.0 Å². The van der Waals surface area contributed by atoms with Crippen LogP contribution in [0.25, 0.3) is 0 Å². The van der Waals surface area contributed by atoms with Crippen LogP contribution in [0.15, 0.2) is 60.8 Å². The molecule has 0 fully saturated rings. The van der Waals surface area contributed by atoms with Gasteiger partial charge < -0.3 is 10.2 Å². The molecule has 2 amide bonds. The van der Waals surface area contributed by atoms with E-state index >= 15 is 0 Å². The van der Waals surface area contributed by atoms with Gasteiger partial charge in [0.05, 0.1) is 12.5 Å². The number of aromatic nitrogens is 1. The highest BCUT2D eigenvalue weighted by atomic mass is 35.5. The lowest BCUT2D eigenvalue weighted by molar-refractivity contribution is -0.133. The van der Waals surface area contributed by atoms with Gasteiger partial charge in [-0.05, 0) is 60.4 Å².